The van der Waals surface area contributed by atoms with Gasteiger partial charge in [-0.15, -0.1) is 0 Å². The van der Waals surface area contributed by atoms with Crippen LogP contribution in [0.4, 0.5) is 0 Å². The van der Waals surface area contributed by atoms with Gasteiger partial charge in [0.1, 0.15) is 24.1 Å². The van der Waals surface area contributed by atoms with Crippen molar-refractivity contribution in [3.63, 3.8) is 0 Å². The third kappa shape index (κ3) is 5.48. The van der Waals surface area contributed by atoms with E-state index >= 15 is 0 Å². The summed E-state index contributed by atoms with van der Waals surface area (Å²) in [4.78, 5) is 35.2. The predicted molar refractivity (Wildman–Crippen MR) is 75.8 cm³/mol. The molecule has 1 aliphatic rings. The smallest absolute Gasteiger partial charge is 0.253 e. The van der Waals surface area contributed by atoms with Crippen LogP contribution in [0.2, 0.25) is 0 Å². The molecule has 0 saturated heterocycles. The van der Waals surface area contributed by atoms with Gasteiger partial charge in [0.25, 0.3) is 11.8 Å². The number of rotatable bonds is 10. The van der Waals surface area contributed by atoms with Crippen LogP contribution in [-0.4, -0.2) is 85.6 Å². The van der Waals surface area contributed by atoms with Crippen LogP contribution in [-0.2, 0) is 14.4 Å². The zero-order chi connectivity index (χ0) is 17.6. The van der Waals surface area contributed by atoms with Crippen molar-refractivity contribution in [3.05, 3.63) is 12.2 Å². The summed E-state index contributed by atoms with van der Waals surface area (Å²) in [5, 5.41) is 46.5. The van der Waals surface area contributed by atoms with Gasteiger partial charge >= 0.3 is 0 Å². The number of carbonyl (C=O) groups is 3. The van der Waals surface area contributed by atoms with E-state index in [-0.39, 0.29) is 31.6 Å². The third-order valence-corrected chi connectivity index (χ3v) is 3.56. The standard InChI is InChI=1S/C14H21NO8/c16-7-10(19)14(23)13(22)9(18)2-1-8(17)5-6-15-11(20)3-4-12(15)21/h3-4,9-10,13-14,16,18-19,22-23H,1-2,5-7H2/t9-,10-,13-,14-/m1/s1. The molecule has 0 bridgehead atoms. The van der Waals surface area contributed by atoms with Crippen molar-refractivity contribution in [2.75, 3.05) is 13.2 Å². The quantitative estimate of drug-likeness (QED) is 0.267. The highest BCUT2D eigenvalue weighted by atomic mass is 16.4. The van der Waals surface area contributed by atoms with E-state index in [1.165, 1.54) is 0 Å². The molecular formula is C14H21NO8. The van der Waals surface area contributed by atoms with Crippen LogP contribution in [0.25, 0.3) is 0 Å². The molecule has 0 aromatic rings. The van der Waals surface area contributed by atoms with E-state index in [9.17, 15) is 29.7 Å². The third-order valence-electron chi connectivity index (χ3n) is 3.56. The highest BCUT2D eigenvalue weighted by Crippen LogP contribution is 2.11. The van der Waals surface area contributed by atoms with Gasteiger partial charge in [0.15, 0.2) is 0 Å². The molecule has 0 aromatic heterocycles. The second kappa shape index (κ2) is 8.85. The van der Waals surface area contributed by atoms with Gasteiger partial charge in [-0.05, 0) is 6.42 Å². The Morgan fingerprint density at radius 1 is 0.957 bits per heavy atom. The molecule has 5 N–H and O–H groups in total. The van der Waals surface area contributed by atoms with Crippen LogP contribution in [0.15, 0.2) is 12.2 Å². The van der Waals surface area contributed by atoms with E-state index in [1.807, 2.05) is 0 Å². The topological polar surface area (TPSA) is 156 Å². The fourth-order valence-electron chi connectivity index (χ4n) is 2.06. The lowest BCUT2D eigenvalue weighted by atomic mass is 9.98. The number of Topliss-reactive ketones (excluding diaryl/α,β-unsaturated/α-hetero) is 1. The number of ketones is 1. The molecule has 2 amide bonds. The Morgan fingerprint density at radius 2 is 1.48 bits per heavy atom. The summed E-state index contributed by atoms with van der Waals surface area (Å²) in [6.45, 7) is -0.843. The molecule has 9 heteroatoms. The van der Waals surface area contributed by atoms with E-state index in [0.717, 1.165) is 17.1 Å². The van der Waals surface area contributed by atoms with E-state index in [2.05, 4.69) is 0 Å². The van der Waals surface area contributed by atoms with Gasteiger partial charge in [0.2, 0.25) is 0 Å². The zero-order valence-electron chi connectivity index (χ0n) is 12.4. The van der Waals surface area contributed by atoms with Crippen LogP contribution in [0, 0.1) is 0 Å². The molecule has 130 valence electrons. The lowest BCUT2D eigenvalue weighted by Crippen LogP contribution is -2.45. The fraction of sp³-hybridized carbons (Fsp3) is 0.643. The second-order valence-corrected chi connectivity index (χ2v) is 5.29. The molecule has 9 nitrogen and oxygen atoms in total. The maximum absolute atomic E-state index is 11.7. The van der Waals surface area contributed by atoms with E-state index < -0.39 is 42.8 Å². The highest BCUT2D eigenvalue weighted by molar-refractivity contribution is 6.13. The minimum absolute atomic E-state index is 0.0615. The van der Waals surface area contributed by atoms with E-state index in [4.69, 9.17) is 10.2 Å². The summed E-state index contributed by atoms with van der Waals surface area (Å²) >= 11 is 0. The lowest BCUT2D eigenvalue weighted by molar-refractivity contribution is -0.137. The minimum Gasteiger partial charge on any atom is -0.394 e. The van der Waals surface area contributed by atoms with Crippen LogP contribution in [0.1, 0.15) is 19.3 Å². The van der Waals surface area contributed by atoms with Crippen molar-refractivity contribution in [1.29, 1.82) is 0 Å². The van der Waals surface area contributed by atoms with Crippen LogP contribution in [0.3, 0.4) is 0 Å². The Morgan fingerprint density at radius 3 is 2.00 bits per heavy atom. The Labute approximate surface area is 132 Å². The molecular weight excluding hydrogens is 310 g/mol. The maximum Gasteiger partial charge on any atom is 0.253 e. The Balaban J connectivity index is 2.32. The van der Waals surface area contributed by atoms with Crippen molar-refractivity contribution < 1.29 is 39.9 Å². The first-order valence-electron chi connectivity index (χ1n) is 7.16. The maximum atomic E-state index is 11.7. The van der Waals surface area contributed by atoms with Gasteiger partial charge in [0, 0.05) is 31.5 Å². The van der Waals surface area contributed by atoms with Crippen molar-refractivity contribution in [2.24, 2.45) is 0 Å². The van der Waals surface area contributed by atoms with Crippen molar-refractivity contribution in [3.8, 4) is 0 Å². The molecule has 4 atom stereocenters. The van der Waals surface area contributed by atoms with Crippen LogP contribution < -0.4 is 0 Å². The first-order valence-corrected chi connectivity index (χ1v) is 7.16. The van der Waals surface area contributed by atoms with Crippen LogP contribution >= 0.6 is 0 Å². The normalized spacial score (nSPS) is 19.8. The monoisotopic (exact) mass is 331 g/mol. The van der Waals surface area contributed by atoms with Gasteiger partial charge < -0.3 is 25.5 Å². The summed E-state index contributed by atoms with van der Waals surface area (Å²) in [5.41, 5.74) is 0. The summed E-state index contributed by atoms with van der Waals surface area (Å²) in [6.07, 6.45) is -4.68. The van der Waals surface area contributed by atoms with Crippen molar-refractivity contribution in [1.82, 2.24) is 4.90 Å². The average Bonchev–Trinajstić information content (AvgIpc) is 2.86. The Bertz CT molecular complexity index is 459. The van der Waals surface area contributed by atoms with Gasteiger partial charge in [-0.3, -0.25) is 19.3 Å². The number of carbonyl (C=O) groups excluding carboxylic acids is 3. The number of aliphatic hydroxyl groups is 5. The van der Waals surface area contributed by atoms with Crippen molar-refractivity contribution in [2.45, 2.75) is 43.7 Å². The Kier molecular flexibility index (Phi) is 7.46. The minimum atomic E-state index is -1.74. The molecule has 0 spiro atoms. The lowest BCUT2D eigenvalue weighted by Gasteiger charge is -2.25. The molecule has 1 rings (SSSR count). The number of hydrogen-bond donors (Lipinski definition) is 5. The fourth-order valence-corrected chi connectivity index (χ4v) is 2.06. The first kappa shape index (κ1) is 19.4. The summed E-state index contributed by atoms with van der Waals surface area (Å²) < 4.78 is 0. The number of amides is 2. The first-order chi connectivity index (χ1) is 10.8. The number of hydrogen-bond acceptors (Lipinski definition) is 8. The largest absolute Gasteiger partial charge is 0.394 e. The van der Waals surface area contributed by atoms with Gasteiger partial charge in [-0.25, -0.2) is 0 Å². The predicted octanol–water partition coefficient (Wildman–Crippen LogP) is -2.91. The molecule has 1 aliphatic heterocycles. The number of aliphatic hydroxyl groups excluding tert-OH is 5. The average molecular weight is 331 g/mol. The zero-order valence-corrected chi connectivity index (χ0v) is 12.4. The molecule has 0 fully saturated rings. The molecule has 0 radical (unpaired) electrons. The van der Waals surface area contributed by atoms with Gasteiger partial charge in [0.05, 0.1) is 12.7 Å². The van der Waals surface area contributed by atoms with Gasteiger partial charge in [-0.2, -0.15) is 0 Å². The highest BCUT2D eigenvalue weighted by Gasteiger charge is 2.30. The molecule has 23 heavy (non-hydrogen) atoms. The van der Waals surface area contributed by atoms with E-state index in [1.54, 1.807) is 0 Å². The molecule has 0 unspecified atom stereocenters. The summed E-state index contributed by atoms with van der Waals surface area (Å²) in [7, 11) is 0. The number of nitrogens with zero attached hydrogens (tertiary/aromatic N) is 1. The molecule has 0 aromatic carbocycles. The summed E-state index contributed by atoms with van der Waals surface area (Å²) in [6, 6.07) is 0. The SMILES string of the molecule is O=C(CC[C@@H](O)[C@@H](O)[C@H](O)[C@H](O)CO)CCN1C(=O)C=CC1=O. The summed E-state index contributed by atoms with van der Waals surface area (Å²) in [5.74, 6) is -1.31. The molecule has 0 aliphatic carbocycles. The number of imide groups is 1. The van der Waals surface area contributed by atoms with E-state index in [0.29, 0.717) is 0 Å². The van der Waals surface area contributed by atoms with Crippen molar-refractivity contribution >= 4 is 17.6 Å². The van der Waals surface area contributed by atoms with Crippen LogP contribution in [0.5, 0.6) is 0 Å². The molecule has 1 heterocycles. The Hall–Kier alpha value is -1.65. The molecule has 0 saturated carbocycles. The second-order valence-electron chi connectivity index (χ2n) is 5.29. The van der Waals surface area contributed by atoms with Gasteiger partial charge in [-0.1, -0.05) is 0 Å².